The van der Waals surface area contributed by atoms with Crippen molar-refractivity contribution in [2.24, 2.45) is 0 Å². The first-order valence-electron chi connectivity index (χ1n) is 5.41. The first-order valence-corrected chi connectivity index (χ1v) is 7.89. The maximum atomic E-state index is 10.3. The smallest absolute Gasteiger partial charge is 0.123 e. The lowest BCUT2D eigenvalue weighted by Crippen LogP contribution is -2.07. The molecule has 0 fully saturated rings. The van der Waals surface area contributed by atoms with Crippen LogP contribution in [0.3, 0.4) is 0 Å². The van der Waals surface area contributed by atoms with Crippen LogP contribution in [0, 0.1) is 0 Å². The van der Waals surface area contributed by atoms with Gasteiger partial charge in [0, 0.05) is 14.2 Å². The minimum Gasteiger partial charge on any atom is -0.382 e. The molecule has 92 valence electrons. The maximum Gasteiger partial charge on any atom is 0.123 e. The molecular formula is C13H15BrOS2. The first kappa shape index (κ1) is 13.3. The predicted octanol–water partition coefficient (Wildman–Crippen LogP) is 4.95. The fraction of sp³-hybridized carbons (Fsp3) is 0.385. The average molecular weight is 331 g/mol. The summed E-state index contributed by atoms with van der Waals surface area (Å²) in [6.45, 7) is 6.57. The van der Waals surface area contributed by atoms with Crippen LogP contribution in [0.25, 0.3) is 0 Å². The Morgan fingerprint density at radius 3 is 2.41 bits per heavy atom. The highest BCUT2D eigenvalue weighted by Gasteiger charge is 2.21. The zero-order valence-corrected chi connectivity index (χ0v) is 13.2. The molecular weight excluding hydrogens is 316 g/mol. The van der Waals surface area contributed by atoms with E-state index in [0.29, 0.717) is 0 Å². The van der Waals surface area contributed by atoms with Crippen molar-refractivity contribution in [3.63, 3.8) is 0 Å². The van der Waals surface area contributed by atoms with Crippen molar-refractivity contribution in [2.75, 3.05) is 0 Å². The molecule has 1 N–H and O–H groups in total. The molecule has 17 heavy (non-hydrogen) atoms. The SMILES string of the molecule is CC(C)(C)c1ccc(C(O)c2sccc2Br)s1. The van der Waals surface area contributed by atoms with Crippen LogP contribution in [0.5, 0.6) is 0 Å². The molecule has 2 heterocycles. The maximum absolute atomic E-state index is 10.3. The molecule has 0 saturated carbocycles. The number of halogens is 1. The predicted molar refractivity (Wildman–Crippen MR) is 79.1 cm³/mol. The fourth-order valence-electron chi connectivity index (χ4n) is 1.53. The van der Waals surface area contributed by atoms with Crippen molar-refractivity contribution in [1.29, 1.82) is 0 Å². The fourth-order valence-corrected chi connectivity index (χ4v) is 4.26. The van der Waals surface area contributed by atoms with Crippen LogP contribution in [0.1, 0.15) is 41.5 Å². The van der Waals surface area contributed by atoms with E-state index in [1.807, 2.05) is 17.5 Å². The van der Waals surface area contributed by atoms with Gasteiger partial charge < -0.3 is 5.11 Å². The topological polar surface area (TPSA) is 20.2 Å². The lowest BCUT2D eigenvalue weighted by atomic mass is 9.95. The Morgan fingerprint density at radius 1 is 1.24 bits per heavy atom. The van der Waals surface area contributed by atoms with Gasteiger partial charge in [0.25, 0.3) is 0 Å². The third kappa shape index (κ3) is 2.81. The molecule has 1 unspecified atom stereocenters. The van der Waals surface area contributed by atoms with Gasteiger partial charge in [0.05, 0.1) is 4.88 Å². The van der Waals surface area contributed by atoms with Gasteiger partial charge in [0.1, 0.15) is 6.10 Å². The van der Waals surface area contributed by atoms with Gasteiger partial charge in [-0.05, 0) is 44.9 Å². The van der Waals surface area contributed by atoms with Crippen LogP contribution < -0.4 is 0 Å². The highest BCUT2D eigenvalue weighted by atomic mass is 79.9. The first-order chi connectivity index (χ1) is 7.89. The summed E-state index contributed by atoms with van der Waals surface area (Å²) in [5.74, 6) is 0. The van der Waals surface area contributed by atoms with E-state index in [9.17, 15) is 5.11 Å². The van der Waals surface area contributed by atoms with Crippen LogP contribution in [0.4, 0.5) is 0 Å². The van der Waals surface area contributed by atoms with Crippen LogP contribution >= 0.6 is 38.6 Å². The largest absolute Gasteiger partial charge is 0.382 e. The molecule has 4 heteroatoms. The van der Waals surface area contributed by atoms with Crippen LogP contribution in [-0.2, 0) is 5.41 Å². The Kier molecular flexibility index (Phi) is 3.78. The Hall–Kier alpha value is -0.160. The standard InChI is InChI=1S/C13H15BrOS2/c1-13(2,3)10-5-4-9(17-10)11(15)12-8(14)6-7-16-12/h4-7,11,15H,1-3H3. The molecule has 0 aromatic carbocycles. The van der Waals surface area contributed by atoms with E-state index in [-0.39, 0.29) is 5.41 Å². The van der Waals surface area contributed by atoms with Gasteiger partial charge in [-0.15, -0.1) is 22.7 Å². The van der Waals surface area contributed by atoms with Gasteiger partial charge in [-0.1, -0.05) is 20.8 Å². The summed E-state index contributed by atoms with van der Waals surface area (Å²) < 4.78 is 0.987. The van der Waals surface area contributed by atoms with Crippen LogP contribution in [0.15, 0.2) is 28.1 Å². The molecule has 0 radical (unpaired) electrons. The van der Waals surface area contributed by atoms with E-state index in [4.69, 9.17) is 0 Å². The second-order valence-electron chi connectivity index (χ2n) is 4.99. The summed E-state index contributed by atoms with van der Waals surface area (Å²) in [7, 11) is 0. The van der Waals surface area contributed by atoms with Gasteiger partial charge in [0.2, 0.25) is 0 Å². The summed E-state index contributed by atoms with van der Waals surface area (Å²) in [5.41, 5.74) is 0.148. The van der Waals surface area contributed by atoms with Gasteiger partial charge in [-0.25, -0.2) is 0 Å². The molecule has 0 aliphatic rings. The molecule has 2 aromatic rings. The van der Waals surface area contributed by atoms with Crippen LogP contribution in [-0.4, -0.2) is 5.11 Å². The van der Waals surface area contributed by atoms with Crippen molar-refractivity contribution in [1.82, 2.24) is 0 Å². The molecule has 0 amide bonds. The molecule has 0 aliphatic carbocycles. The molecule has 0 spiro atoms. The van der Waals surface area contributed by atoms with E-state index in [1.165, 1.54) is 4.88 Å². The number of aliphatic hydroxyl groups is 1. The third-order valence-corrected chi connectivity index (χ3v) is 6.02. The average Bonchev–Trinajstić information content (AvgIpc) is 2.83. The lowest BCUT2D eigenvalue weighted by molar-refractivity contribution is 0.227. The molecule has 0 aliphatic heterocycles. The molecule has 1 atom stereocenters. The van der Waals surface area contributed by atoms with E-state index in [2.05, 4.69) is 42.8 Å². The van der Waals surface area contributed by atoms with Crippen molar-refractivity contribution in [2.45, 2.75) is 32.3 Å². The Labute approximate surface area is 118 Å². The van der Waals surface area contributed by atoms with E-state index in [1.54, 1.807) is 22.7 Å². The van der Waals surface area contributed by atoms with Crippen molar-refractivity contribution >= 4 is 38.6 Å². The Morgan fingerprint density at radius 2 is 1.94 bits per heavy atom. The molecule has 1 nitrogen and oxygen atoms in total. The Balaban J connectivity index is 2.30. The number of aliphatic hydroxyl groups excluding tert-OH is 1. The lowest BCUT2D eigenvalue weighted by Gasteiger charge is -2.15. The zero-order valence-electron chi connectivity index (χ0n) is 10.0. The molecule has 2 rings (SSSR count). The second-order valence-corrected chi connectivity index (χ2v) is 7.90. The molecule has 2 aromatic heterocycles. The Bertz CT molecular complexity index is 507. The van der Waals surface area contributed by atoms with Crippen molar-refractivity contribution in [3.05, 3.63) is 42.7 Å². The summed E-state index contributed by atoms with van der Waals surface area (Å²) in [6, 6.07) is 6.12. The zero-order chi connectivity index (χ0) is 12.6. The van der Waals surface area contributed by atoms with E-state index >= 15 is 0 Å². The van der Waals surface area contributed by atoms with E-state index < -0.39 is 6.10 Å². The normalized spacial score (nSPS) is 13.9. The van der Waals surface area contributed by atoms with Gasteiger partial charge in [-0.2, -0.15) is 0 Å². The minimum atomic E-state index is -0.509. The van der Waals surface area contributed by atoms with Gasteiger partial charge in [-0.3, -0.25) is 0 Å². The van der Waals surface area contributed by atoms with Crippen molar-refractivity contribution in [3.8, 4) is 0 Å². The summed E-state index contributed by atoms with van der Waals surface area (Å²) >= 11 is 6.74. The van der Waals surface area contributed by atoms with Crippen LogP contribution in [0.2, 0.25) is 0 Å². The summed E-state index contributed by atoms with van der Waals surface area (Å²) in [5, 5.41) is 12.3. The summed E-state index contributed by atoms with van der Waals surface area (Å²) in [4.78, 5) is 3.30. The number of hydrogen-bond donors (Lipinski definition) is 1. The second kappa shape index (κ2) is 4.84. The highest BCUT2D eigenvalue weighted by Crippen LogP contribution is 2.38. The monoisotopic (exact) mass is 330 g/mol. The number of hydrogen-bond acceptors (Lipinski definition) is 3. The quantitative estimate of drug-likeness (QED) is 0.825. The van der Waals surface area contributed by atoms with E-state index in [0.717, 1.165) is 14.2 Å². The van der Waals surface area contributed by atoms with Crippen molar-refractivity contribution < 1.29 is 5.11 Å². The van der Waals surface area contributed by atoms with Gasteiger partial charge >= 0.3 is 0 Å². The highest BCUT2D eigenvalue weighted by molar-refractivity contribution is 9.10. The number of rotatable bonds is 2. The molecule has 0 saturated heterocycles. The summed E-state index contributed by atoms with van der Waals surface area (Å²) in [6.07, 6.45) is -0.509. The minimum absolute atomic E-state index is 0.148. The molecule has 0 bridgehead atoms. The van der Waals surface area contributed by atoms with Gasteiger partial charge in [0.15, 0.2) is 0 Å². The number of thiophene rings is 2. The third-order valence-electron chi connectivity index (χ3n) is 2.53.